The number of hydrogen-bond acceptors (Lipinski definition) is 7. The van der Waals surface area contributed by atoms with Gasteiger partial charge in [0.2, 0.25) is 0 Å². The fraction of sp³-hybridized carbons (Fsp3) is 0.217. The quantitative estimate of drug-likeness (QED) is 0.338. The number of amides is 3. The van der Waals surface area contributed by atoms with Gasteiger partial charge in [-0.3, -0.25) is 24.1 Å². The number of imide groups is 1. The summed E-state index contributed by atoms with van der Waals surface area (Å²) >= 11 is 2.51. The van der Waals surface area contributed by atoms with E-state index in [-0.39, 0.29) is 42.5 Å². The molecule has 0 aliphatic carbocycles. The number of nitrogens with zero attached hydrogens (tertiary/aromatic N) is 1. The van der Waals surface area contributed by atoms with Crippen molar-refractivity contribution in [2.24, 2.45) is 0 Å². The van der Waals surface area contributed by atoms with E-state index in [1.807, 2.05) is 30.5 Å². The van der Waals surface area contributed by atoms with Crippen molar-refractivity contribution in [1.82, 2.24) is 10.2 Å². The van der Waals surface area contributed by atoms with Gasteiger partial charge in [-0.05, 0) is 73.0 Å². The molecule has 0 aromatic heterocycles. The summed E-state index contributed by atoms with van der Waals surface area (Å²) in [4.78, 5) is 50.6. The molecule has 3 amide bonds. The summed E-state index contributed by atoms with van der Waals surface area (Å²) in [5.41, 5.74) is 1.40. The summed E-state index contributed by atoms with van der Waals surface area (Å²) in [5, 5.41) is 2.27. The first-order valence-corrected chi connectivity index (χ1v) is 11.8. The average Bonchev–Trinajstić information content (AvgIpc) is 3.05. The minimum atomic E-state index is -0.378. The molecule has 2 aromatic carbocycles. The first-order chi connectivity index (χ1) is 15.4. The zero-order valence-electron chi connectivity index (χ0n) is 17.6. The van der Waals surface area contributed by atoms with E-state index >= 15 is 0 Å². The minimum Gasteiger partial charge on any atom is -0.484 e. The molecule has 3 rings (SSSR count). The number of rotatable bonds is 9. The van der Waals surface area contributed by atoms with Crippen LogP contribution >= 0.6 is 23.5 Å². The number of benzene rings is 2. The Morgan fingerprint density at radius 2 is 1.78 bits per heavy atom. The van der Waals surface area contributed by atoms with Crippen LogP contribution in [0.25, 0.3) is 6.08 Å². The Balaban J connectivity index is 1.46. The van der Waals surface area contributed by atoms with Gasteiger partial charge in [0.1, 0.15) is 5.75 Å². The van der Waals surface area contributed by atoms with Crippen molar-refractivity contribution in [3.8, 4) is 5.75 Å². The molecule has 0 radical (unpaired) electrons. The molecule has 1 aliphatic heterocycles. The fourth-order valence-electron chi connectivity index (χ4n) is 2.84. The molecule has 0 bridgehead atoms. The zero-order chi connectivity index (χ0) is 23.1. The second kappa shape index (κ2) is 11.0. The van der Waals surface area contributed by atoms with Crippen LogP contribution in [-0.4, -0.2) is 53.7 Å². The lowest BCUT2D eigenvalue weighted by atomic mass is 10.1. The van der Waals surface area contributed by atoms with E-state index in [1.54, 1.807) is 42.1 Å². The number of ether oxygens (including phenoxy) is 1. The Hall–Kier alpha value is -3.04. The van der Waals surface area contributed by atoms with Crippen LogP contribution in [0, 0.1) is 0 Å². The number of Topliss-reactive ketones (excluding diaryl/α,β-unsaturated/α-hetero) is 1. The van der Waals surface area contributed by atoms with Gasteiger partial charge in [-0.2, -0.15) is 0 Å². The highest BCUT2D eigenvalue weighted by molar-refractivity contribution is 8.18. The topological polar surface area (TPSA) is 92.8 Å². The van der Waals surface area contributed by atoms with Gasteiger partial charge < -0.3 is 10.1 Å². The number of carbonyl (C=O) groups excluding carboxylic acids is 4. The van der Waals surface area contributed by atoms with Crippen LogP contribution in [0.3, 0.4) is 0 Å². The standard InChI is InChI=1S/C23H22N2O5S2/c1-15(26)17-5-7-18(8-6-17)30-14-21(27)24-11-12-25-22(28)20(32-23(25)29)13-16-3-9-19(31-2)10-4-16/h3-10,13H,11-12,14H2,1-2H3,(H,24,27). The van der Waals surface area contributed by atoms with Crippen LogP contribution < -0.4 is 10.1 Å². The van der Waals surface area contributed by atoms with Gasteiger partial charge in [0, 0.05) is 23.5 Å². The molecule has 32 heavy (non-hydrogen) atoms. The summed E-state index contributed by atoms with van der Waals surface area (Å²) in [5.74, 6) is -0.334. The molecule has 0 atom stereocenters. The lowest BCUT2D eigenvalue weighted by Crippen LogP contribution is -2.38. The number of nitrogens with one attached hydrogen (secondary N) is 1. The molecule has 1 fully saturated rings. The Morgan fingerprint density at radius 1 is 1.09 bits per heavy atom. The van der Waals surface area contributed by atoms with Crippen molar-refractivity contribution in [1.29, 1.82) is 0 Å². The summed E-state index contributed by atoms with van der Waals surface area (Å²) in [6.45, 7) is 1.46. The molecule has 0 saturated carbocycles. The fourth-order valence-corrected chi connectivity index (χ4v) is 4.11. The molecular weight excluding hydrogens is 448 g/mol. The van der Waals surface area contributed by atoms with E-state index in [0.717, 1.165) is 27.1 Å². The van der Waals surface area contributed by atoms with E-state index in [9.17, 15) is 19.2 Å². The van der Waals surface area contributed by atoms with Crippen LogP contribution in [0.15, 0.2) is 58.3 Å². The molecule has 7 nitrogen and oxygen atoms in total. The smallest absolute Gasteiger partial charge is 0.293 e. The SMILES string of the molecule is CSc1ccc(C=C2SC(=O)N(CCNC(=O)COc3ccc(C(C)=O)cc3)C2=O)cc1. The largest absolute Gasteiger partial charge is 0.484 e. The van der Waals surface area contributed by atoms with Crippen molar-refractivity contribution >= 4 is 52.4 Å². The Morgan fingerprint density at radius 3 is 2.41 bits per heavy atom. The summed E-state index contributed by atoms with van der Waals surface area (Å²) in [6.07, 6.45) is 3.68. The third-order valence-corrected chi connectivity index (χ3v) is 6.23. The summed E-state index contributed by atoms with van der Waals surface area (Å²) in [6, 6.07) is 14.2. The number of thioether (sulfide) groups is 2. The third-order valence-electron chi connectivity index (χ3n) is 4.58. The minimum absolute atomic E-state index is 0.0510. The van der Waals surface area contributed by atoms with E-state index < -0.39 is 0 Å². The van der Waals surface area contributed by atoms with Crippen molar-refractivity contribution in [3.63, 3.8) is 0 Å². The molecular formula is C23H22N2O5S2. The first kappa shape index (κ1) is 23.6. The molecule has 1 heterocycles. The first-order valence-electron chi connectivity index (χ1n) is 9.77. The van der Waals surface area contributed by atoms with E-state index in [2.05, 4.69) is 5.32 Å². The monoisotopic (exact) mass is 470 g/mol. The van der Waals surface area contributed by atoms with Gasteiger partial charge in [-0.1, -0.05) is 12.1 Å². The molecule has 1 saturated heterocycles. The highest BCUT2D eigenvalue weighted by Gasteiger charge is 2.34. The number of hydrogen-bond donors (Lipinski definition) is 1. The van der Waals surface area contributed by atoms with Crippen LogP contribution in [0.1, 0.15) is 22.8 Å². The molecule has 1 N–H and O–H groups in total. The van der Waals surface area contributed by atoms with Crippen molar-refractivity contribution in [3.05, 3.63) is 64.6 Å². The van der Waals surface area contributed by atoms with Crippen LogP contribution in [-0.2, 0) is 9.59 Å². The zero-order valence-corrected chi connectivity index (χ0v) is 19.3. The summed E-state index contributed by atoms with van der Waals surface area (Å²) < 4.78 is 5.38. The highest BCUT2D eigenvalue weighted by atomic mass is 32.2. The van der Waals surface area contributed by atoms with Gasteiger partial charge in [-0.15, -0.1) is 11.8 Å². The van der Waals surface area contributed by atoms with Gasteiger partial charge in [0.15, 0.2) is 12.4 Å². The van der Waals surface area contributed by atoms with E-state index in [1.165, 1.54) is 6.92 Å². The second-order valence-electron chi connectivity index (χ2n) is 6.83. The molecule has 0 spiro atoms. The van der Waals surface area contributed by atoms with Gasteiger partial charge >= 0.3 is 0 Å². The predicted molar refractivity (Wildman–Crippen MR) is 126 cm³/mol. The second-order valence-corrected chi connectivity index (χ2v) is 8.70. The van der Waals surface area contributed by atoms with Crippen molar-refractivity contribution < 1.29 is 23.9 Å². The lowest BCUT2D eigenvalue weighted by Gasteiger charge is -2.13. The molecule has 2 aromatic rings. The van der Waals surface area contributed by atoms with Crippen LogP contribution in [0.4, 0.5) is 4.79 Å². The van der Waals surface area contributed by atoms with Gasteiger partial charge in [-0.25, -0.2) is 0 Å². The maximum absolute atomic E-state index is 12.6. The molecule has 1 aliphatic rings. The number of ketones is 1. The highest BCUT2D eigenvalue weighted by Crippen LogP contribution is 2.32. The van der Waals surface area contributed by atoms with Crippen molar-refractivity contribution in [2.45, 2.75) is 11.8 Å². The Labute approximate surface area is 194 Å². The van der Waals surface area contributed by atoms with Gasteiger partial charge in [0.25, 0.3) is 17.1 Å². The Bertz CT molecular complexity index is 1050. The maximum Gasteiger partial charge on any atom is 0.293 e. The lowest BCUT2D eigenvalue weighted by molar-refractivity contribution is -0.125. The number of carbonyl (C=O) groups is 4. The molecule has 166 valence electrons. The van der Waals surface area contributed by atoms with E-state index in [0.29, 0.717) is 16.2 Å². The average molecular weight is 471 g/mol. The Kier molecular flexibility index (Phi) is 8.13. The van der Waals surface area contributed by atoms with Crippen LogP contribution in [0.5, 0.6) is 5.75 Å². The third kappa shape index (κ3) is 6.24. The van der Waals surface area contributed by atoms with Crippen molar-refractivity contribution in [2.75, 3.05) is 26.0 Å². The maximum atomic E-state index is 12.6. The normalized spacial score (nSPS) is 14.7. The van der Waals surface area contributed by atoms with Gasteiger partial charge in [0.05, 0.1) is 4.91 Å². The van der Waals surface area contributed by atoms with E-state index in [4.69, 9.17) is 4.74 Å². The van der Waals surface area contributed by atoms with Crippen LogP contribution in [0.2, 0.25) is 0 Å². The molecule has 0 unspecified atom stereocenters. The predicted octanol–water partition coefficient (Wildman–Crippen LogP) is 3.84. The summed E-state index contributed by atoms with van der Waals surface area (Å²) in [7, 11) is 0. The molecule has 9 heteroatoms.